The standard InChI is InChI=1S/C19H39NO2.C18H38O2/c1-2-3-4-5-6-7-8-9-10-11-12-13-15-18(19(20)22)16-14-17-21;1-2-3-4-5-6-7-8-9-10-11-12-13-14-15-17-20-18-16-19/h18,21H,2-17H2,1H3,(H2,20,22);19H,2-18H2,1H3. The number of carbonyl (C=O) groups excluding carboxylic acids is 1. The molecule has 0 aromatic carbocycles. The number of primary amides is 1. The number of rotatable bonds is 34. The molecule has 0 aliphatic rings. The topological polar surface area (TPSA) is 92.8 Å². The van der Waals surface area contributed by atoms with Crippen LogP contribution in [-0.4, -0.2) is 42.5 Å². The zero-order valence-corrected chi connectivity index (χ0v) is 28.7. The molecular formula is C37H77NO4. The van der Waals surface area contributed by atoms with Crippen molar-refractivity contribution < 1.29 is 19.7 Å². The van der Waals surface area contributed by atoms with Crippen LogP contribution in [-0.2, 0) is 9.53 Å². The highest BCUT2D eigenvalue weighted by molar-refractivity contribution is 5.76. The summed E-state index contributed by atoms with van der Waals surface area (Å²) in [5.74, 6) is -0.230. The normalized spacial score (nSPS) is 11.8. The summed E-state index contributed by atoms with van der Waals surface area (Å²) in [6.07, 6.45) is 37.8. The van der Waals surface area contributed by atoms with E-state index in [4.69, 9.17) is 20.7 Å². The highest BCUT2D eigenvalue weighted by Crippen LogP contribution is 2.17. The lowest BCUT2D eigenvalue weighted by atomic mass is 9.95. The number of ether oxygens (including phenoxy) is 1. The molecular weight excluding hydrogens is 522 g/mol. The third-order valence-electron chi connectivity index (χ3n) is 8.40. The van der Waals surface area contributed by atoms with Crippen molar-refractivity contribution in [1.29, 1.82) is 0 Å². The van der Waals surface area contributed by atoms with Crippen LogP contribution in [0.4, 0.5) is 0 Å². The average Bonchev–Trinajstić information content (AvgIpc) is 2.99. The molecule has 0 spiro atoms. The largest absolute Gasteiger partial charge is 0.396 e. The predicted octanol–water partition coefficient (Wildman–Crippen LogP) is 10.4. The van der Waals surface area contributed by atoms with E-state index in [-0.39, 0.29) is 25.0 Å². The fraction of sp³-hybridized carbons (Fsp3) is 0.973. The van der Waals surface area contributed by atoms with Crippen LogP contribution in [0.5, 0.6) is 0 Å². The van der Waals surface area contributed by atoms with Crippen LogP contribution in [0.2, 0.25) is 0 Å². The lowest BCUT2D eigenvalue weighted by Gasteiger charge is -2.12. The van der Waals surface area contributed by atoms with Crippen LogP contribution in [0.1, 0.15) is 200 Å². The molecule has 0 aromatic heterocycles. The Bertz CT molecular complexity index is 470. The Hall–Kier alpha value is -0.650. The third-order valence-corrected chi connectivity index (χ3v) is 8.40. The minimum Gasteiger partial charge on any atom is -0.396 e. The van der Waals surface area contributed by atoms with E-state index >= 15 is 0 Å². The summed E-state index contributed by atoms with van der Waals surface area (Å²) in [4.78, 5) is 11.3. The molecule has 0 radical (unpaired) electrons. The van der Waals surface area contributed by atoms with Crippen molar-refractivity contribution >= 4 is 5.91 Å². The number of aliphatic hydroxyl groups is 2. The van der Waals surface area contributed by atoms with Gasteiger partial charge in [0, 0.05) is 19.1 Å². The van der Waals surface area contributed by atoms with Gasteiger partial charge < -0.3 is 20.7 Å². The van der Waals surface area contributed by atoms with E-state index in [0.717, 1.165) is 32.3 Å². The SMILES string of the molecule is CCCCCCCCCCCCCCC(CCCO)C(N)=O.CCCCCCCCCCCCCCCCOCCO. The summed E-state index contributed by atoms with van der Waals surface area (Å²) in [7, 11) is 0. The van der Waals surface area contributed by atoms with Crippen LogP contribution in [0.25, 0.3) is 0 Å². The number of carbonyl (C=O) groups is 1. The van der Waals surface area contributed by atoms with Crippen LogP contribution >= 0.6 is 0 Å². The quantitative estimate of drug-likeness (QED) is 0.0641. The summed E-state index contributed by atoms with van der Waals surface area (Å²) >= 11 is 0. The number of aliphatic hydroxyl groups excluding tert-OH is 2. The highest BCUT2D eigenvalue weighted by Gasteiger charge is 2.13. The molecule has 0 heterocycles. The molecule has 0 bridgehead atoms. The van der Waals surface area contributed by atoms with Crippen LogP contribution < -0.4 is 5.73 Å². The second kappa shape index (κ2) is 40.4. The van der Waals surface area contributed by atoms with Gasteiger partial charge in [-0.25, -0.2) is 0 Å². The van der Waals surface area contributed by atoms with Crippen molar-refractivity contribution in [1.82, 2.24) is 0 Å². The zero-order chi connectivity index (χ0) is 31.2. The molecule has 1 unspecified atom stereocenters. The summed E-state index contributed by atoms with van der Waals surface area (Å²) in [5.41, 5.74) is 5.40. The Labute approximate surface area is 263 Å². The van der Waals surface area contributed by atoms with Crippen molar-refractivity contribution in [2.24, 2.45) is 11.7 Å². The third kappa shape index (κ3) is 39.4. The first-order valence-electron chi connectivity index (χ1n) is 18.7. The predicted molar refractivity (Wildman–Crippen MR) is 183 cm³/mol. The van der Waals surface area contributed by atoms with Gasteiger partial charge in [-0.2, -0.15) is 0 Å². The van der Waals surface area contributed by atoms with Gasteiger partial charge in [-0.05, 0) is 25.7 Å². The Kier molecular flexibility index (Phi) is 41.8. The zero-order valence-electron chi connectivity index (χ0n) is 28.7. The van der Waals surface area contributed by atoms with Crippen molar-refractivity contribution in [3.8, 4) is 0 Å². The van der Waals surface area contributed by atoms with Crippen LogP contribution in [0, 0.1) is 5.92 Å². The van der Waals surface area contributed by atoms with E-state index in [9.17, 15) is 4.79 Å². The lowest BCUT2D eigenvalue weighted by molar-refractivity contribution is -0.122. The first-order valence-corrected chi connectivity index (χ1v) is 18.7. The van der Waals surface area contributed by atoms with E-state index < -0.39 is 0 Å². The fourth-order valence-electron chi connectivity index (χ4n) is 5.56. The molecule has 0 rings (SSSR count). The minimum absolute atomic E-state index is 0.0322. The van der Waals surface area contributed by atoms with Gasteiger partial charge in [-0.15, -0.1) is 0 Å². The molecule has 0 aliphatic carbocycles. The molecule has 1 amide bonds. The number of unbranched alkanes of at least 4 members (excludes halogenated alkanes) is 24. The molecule has 0 saturated carbocycles. The molecule has 0 aromatic rings. The van der Waals surface area contributed by atoms with Crippen LogP contribution in [0.15, 0.2) is 0 Å². The van der Waals surface area contributed by atoms with E-state index in [1.807, 2.05) is 0 Å². The van der Waals surface area contributed by atoms with Gasteiger partial charge >= 0.3 is 0 Å². The van der Waals surface area contributed by atoms with Gasteiger partial charge in [-0.1, -0.05) is 174 Å². The van der Waals surface area contributed by atoms with Crippen molar-refractivity contribution in [2.45, 2.75) is 200 Å². The number of nitrogens with two attached hydrogens (primary N) is 1. The molecule has 0 saturated heterocycles. The van der Waals surface area contributed by atoms with E-state index in [2.05, 4.69) is 13.8 Å². The fourth-order valence-corrected chi connectivity index (χ4v) is 5.56. The number of hydrogen-bond acceptors (Lipinski definition) is 4. The Balaban J connectivity index is 0. The number of amides is 1. The molecule has 1 atom stereocenters. The Morgan fingerprint density at radius 1 is 0.476 bits per heavy atom. The first-order chi connectivity index (χ1) is 20.6. The van der Waals surface area contributed by atoms with Crippen molar-refractivity contribution in [2.75, 3.05) is 26.4 Å². The molecule has 0 aliphatic heterocycles. The maximum Gasteiger partial charge on any atom is 0.220 e. The molecule has 254 valence electrons. The Morgan fingerprint density at radius 3 is 1.14 bits per heavy atom. The first kappa shape index (κ1) is 43.5. The smallest absolute Gasteiger partial charge is 0.220 e. The van der Waals surface area contributed by atoms with Gasteiger partial charge in [0.25, 0.3) is 0 Å². The number of hydrogen-bond donors (Lipinski definition) is 3. The molecule has 5 heteroatoms. The van der Waals surface area contributed by atoms with Crippen molar-refractivity contribution in [3.05, 3.63) is 0 Å². The summed E-state index contributed by atoms with van der Waals surface area (Å²) in [6.45, 7) is 6.16. The summed E-state index contributed by atoms with van der Waals surface area (Å²) < 4.78 is 5.24. The minimum atomic E-state index is -0.198. The monoisotopic (exact) mass is 600 g/mol. The van der Waals surface area contributed by atoms with Gasteiger partial charge in [0.15, 0.2) is 0 Å². The molecule has 0 fully saturated rings. The van der Waals surface area contributed by atoms with E-state index in [1.165, 1.54) is 154 Å². The van der Waals surface area contributed by atoms with Crippen molar-refractivity contribution in [3.63, 3.8) is 0 Å². The van der Waals surface area contributed by atoms with Gasteiger partial charge in [0.1, 0.15) is 0 Å². The second-order valence-corrected chi connectivity index (χ2v) is 12.6. The molecule has 4 N–H and O–H groups in total. The maximum atomic E-state index is 11.3. The van der Waals surface area contributed by atoms with E-state index in [1.54, 1.807) is 0 Å². The van der Waals surface area contributed by atoms with Gasteiger partial charge in [0.2, 0.25) is 5.91 Å². The highest BCUT2D eigenvalue weighted by atomic mass is 16.5. The lowest BCUT2D eigenvalue weighted by Crippen LogP contribution is -2.23. The summed E-state index contributed by atoms with van der Waals surface area (Å²) in [5, 5.41) is 17.4. The Morgan fingerprint density at radius 2 is 0.810 bits per heavy atom. The average molecular weight is 600 g/mol. The maximum absolute atomic E-state index is 11.3. The van der Waals surface area contributed by atoms with Crippen LogP contribution in [0.3, 0.4) is 0 Å². The molecule has 5 nitrogen and oxygen atoms in total. The molecule has 42 heavy (non-hydrogen) atoms. The van der Waals surface area contributed by atoms with E-state index in [0.29, 0.717) is 13.0 Å². The summed E-state index contributed by atoms with van der Waals surface area (Å²) in [6, 6.07) is 0. The van der Waals surface area contributed by atoms with Gasteiger partial charge in [0.05, 0.1) is 13.2 Å². The van der Waals surface area contributed by atoms with Gasteiger partial charge in [-0.3, -0.25) is 4.79 Å². The second-order valence-electron chi connectivity index (χ2n) is 12.6.